The molecule has 0 bridgehead atoms. The Morgan fingerprint density at radius 1 is 1.17 bits per heavy atom. The van der Waals surface area contributed by atoms with Gasteiger partial charge < -0.3 is 4.70 Å². The Kier molecular flexibility index (Phi) is 11.8. The molecule has 0 aliphatic rings. The van der Waals surface area contributed by atoms with E-state index in [0.29, 0.717) is 0 Å². The molecule has 0 fully saturated rings. The first-order valence-electron chi connectivity index (χ1n) is 2.23. The summed E-state index contributed by atoms with van der Waals surface area (Å²) in [5.41, 5.74) is 0. The predicted octanol–water partition coefficient (Wildman–Crippen LogP) is -0.895. The van der Waals surface area contributed by atoms with E-state index in [4.69, 9.17) is 0 Å². The summed E-state index contributed by atoms with van der Waals surface area (Å²) < 4.78 is 35.8. The van der Waals surface area contributed by atoms with Crippen molar-refractivity contribution in [1.29, 1.82) is 0 Å². The minimum absolute atomic E-state index is 0. The summed E-state index contributed by atoms with van der Waals surface area (Å²) >= 11 is 0. The van der Waals surface area contributed by atoms with E-state index in [2.05, 4.69) is 0 Å². The van der Waals surface area contributed by atoms with Gasteiger partial charge >= 0.3 is 23.1 Å². The summed E-state index contributed by atoms with van der Waals surface area (Å²) in [6, 6.07) is 3.64. The fraction of sp³-hybridized carbons (Fsp3) is 0. The van der Waals surface area contributed by atoms with Crippen LogP contribution in [0.3, 0.4) is 0 Å². The van der Waals surface area contributed by atoms with Crippen LogP contribution in [-0.4, -0.2) is 23.1 Å². The quantitative estimate of drug-likeness (QED) is 0.244. The average Bonchev–Trinajstić information content (AvgIpc) is 1.83. The molecule has 0 spiro atoms. The fourth-order valence-corrected chi connectivity index (χ4v) is 0.429. The molecule has 0 N–H and O–H groups in total. The van der Waals surface area contributed by atoms with Crippen LogP contribution in [-0.2, 0) is 0 Å². The van der Waals surface area contributed by atoms with Crippen molar-refractivity contribution in [1.82, 2.24) is 0 Å². The first kappa shape index (κ1) is 18.1. The summed E-state index contributed by atoms with van der Waals surface area (Å²) in [7, 11) is 0. The Bertz CT molecular complexity index is 211. The molecule has 0 saturated heterocycles. The van der Waals surface area contributed by atoms with Crippen LogP contribution in [0.25, 0.3) is 0 Å². The third-order valence-corrected chi connectivity index (χ3v) is 0.842. The molecule has 1 aromatic rings. The molecule has 0 aliphatic carbocycles. The molecule has 0 radical (unpaired) electrons. The summed E-state index contributed by atoms with van der Waals surface area (Å²) in [5.74, 6) is -3.95. The first-order chi connectivity index (χ1) is 4.22. The van der Waals surface area contributed by atoms with Gasteiger partial charge in [-0.05, 0) is 0 Å². The Hall–Kier alpha value is 0.186. The van der Waals surface area contributed by atoms with Crippen LogP contribution < -0.4 is 4.70 Å². The monoisotopic (exact) mass is 254 g/mol. The van der Waals surface area contributed by atoms with Crippen molar-refractivity contribution in [3.63, 3.8) is 0 Å². The second-order valence-corrected chi connectivity index (χ2v) is 1.45. The molecule has 0 nitrogen and oxygen atoms in total. The smallest absolute Gasteiger partial charge is 1.00 e. The number of rotatable bonds is 0. The molecule has 1 rings (SSSR count). The maximum absolute atomic E-state index is 11.9. The van der Waals surface area contributed by atoms with E-state index < -0.39 is 17.5 Å². The van der Waals surface area contributed by atoms with Crippen LogP contribution in [0.1, 0.15) is 0 Å². The van der Waals surface area contributed by atoms with E-state index in [1.54, 1.807) is 0 Å². The Morgan fingerprint density at radius 3 is 2.00 bits per heavy atom. The SMILES string of the molecule is Br.Fc1[c-]ccc(F)c1F.[F-].[Mg+2]. The first-order valence-corrected chi connectivity index (χ1v) is 2.23. The van der Waals surface area contributed by atoms with Crippen LogP contribution in [0.5, 0.6) is 0 Å². The van der Waals surface area contributed by atoms with Gasteiger partial charge in [0.2, 0.25) is 0 Å². The average molecular weight is 255 g/mol. The van der Waals surface area contributed by atoms with Gasteiger partial charge in [-0.15, -0.1) is 29.1 Å². The van der Waals surface area contributed by atoms with Crippen LogP contribution in [0, 0.1) is 23.5 Å². The maximum Gasteiger partial charge on any atom is 2.00 e. The number of hydrogen-bond donors (Lipinski definition) is 0. The Morgan fingerprint density at radius 2 is 1.67 bits per heavy atom. The van der Waals surface area contributed by atoms with Crippen molar-refractivity contribution >= 4 is 40.0 Å². The summed E-state index contributed by atoms with van der Waals surface area (Å²) in [5, 5.41) is 0. The molecular formula is C6H3BrF4Mg. The minimum Gasteiger partial charge on any atom is -1.00 e. The van der Waals surface area contributed by atoms with Crippen molar-refractivity contribution in [2.24, 2.45) is 0 Å². The van der Waals surface area contributed by atoms with Crippen molar-refractivity contribution in [2.75, 3.05) is 0 Å². The van der Waals surface area contributed by atoms with E-state index >= 15 is 0 Å². The summed E-state index contributed by atoms with van der Waals surface area (Å²) in [6.07, 6.45) is 0. The topological polar surface area (TPSA) is 0 Å². The van der Waals surface area contributed by atoms with Gasteiger partial charge in [0.1, 0.15) is 0 Å². The molecule has 0 aromatic heterocycles. The fourth-order valence-electron chi connectivity index (χ4n) is 0.429. The van der Waals surface area contributed by atoms with Gasteiger partial charge in [0.25, 0.3) is 0 Å². The van der Waals surface area contributed by atoms with E-state index in [1.807, 2.05) is 6.07 Å². The standard InChI is InChI=1S/C6H2F3.BrH.FH.Mg/c7-4-2-1-3-5(8)6(4)9;;;/h1-2H;2*1H;/q-1;;;+2/p-1. The number of benzene rings is 1. The van der Waals surface area contributed by atoms with Crippen LogP contribution in [0.2, 0.25) is 0 Å². The van der Waals surface area contributed by atoms with Crippen LogP contribution >= 0.6 is 17.0 Å². The van der Waals surface area contributed by atoms with Gasteiger partial charge in [-0.1, -0.05) is 0 Å². The van der Waals surface area contributed by atoms with Gasteiger partial charge in [0, 0.05) is 5.82 Å². The molecule has 1 aromatic carbocycles. The second kappa shape index (κ2) is 7.82. The molecule has 0 unspecified atom stereocenters. The predicted molar refractivity (Wildman–Crippen MR) is 41.2 cm³/mol. The third-order valence-electron chi connectivity index (χ3n) is 0.842. The van der Waals surface area contributed by atoms with E-state index in [9.17, 15) is 13.2 Å². The van der Waals surface area contributed by atoms with Crippen molar-refractivity contribution in [3.8, 4) is 0 Å². The Labute approximate surface area is 93.4 Å². The molecule has 6 heteroatoms. The van der Waals surface area contributed by atoms with Gasteiger partial charge in [-0.25, -0.2) is 8.78 Å². The van der Waals surface area contributed by atoms with Gasteiger partial charge in [-0.2, -0.15) is 6.07 Å². The summed E-state index contributed by atoms with van der Waals surface area (Å²) in [6.45, 7) is 0. The van der Waals surface area contributed by atoms with E-state index in [0.717, 1.165) is 12.1 Å². The zero-order valence-corrected chi connectivity index (χ0v) is 8.91. The van der Waals surface area contributed by atoms with E-state index in [-0.39, 0.29) is 44.7 Å². The molecule has 0 aliphatic heterocycles. The van der Waals surface area contributed by atoms with Crippen molar-refractivity contribution in [2.45, 2.75) is 0 Å². The normalized spacial score (nSPS) is 7.25. The second-order valence-electron chi connectivity index (χ2n) is 1.45. The van der Waals surface area contributed by atoms with Crippen LogP contribution in [0.4, 0.5) is 13.2 Å². The van der Waals surface area contributed by atoms with Crippen molar-refractivity contribution in [3.05, 3.63) is 35.7 Å². The van der Waals surface area contributed by atoms with Gasteiger partial charge in [0.05, 0.1) is 11.6 Å². The zero-order valence-electron chi connectivity index (χ0n) is 5.78. The van der Waals surface area contributed by atoms with Gasteiger partial charge in [0.15, 0.2) is 0 Å². The van der Waals surface area contributed by atoms with Crippen LogP contribution in [0.15, 0.2) is 12.1 Å². The van der Waals surface area contributed by atoms with E-state index in [1.165, 1.54) is 0 Å². The molecule has 12 heavy (non-hydrogen) atoms. The molecule has 64 valence electrons. The molecule has 0 atom stereocenters. The minimum atomic E-state index is -1.47. The molecule has 0 heterocycles. The number of halogens is 5. The zero-order chi connectivity index (χ0) is 6.85. The number of hydrogen-bond acceptors (Lipinski definition) is 0. The third kappa shape index (κ3) is 4.27. The molecular weight excluding hydrogens is 252 g/mol. The maximum atomic E-state index is 11.9. The molecule has 0 amide bonds. The largest absolute Gasteiger partial charge is 2.00 e. The molecule has 0 saturated carbocycles. The Balaban J connectivity index is -0.000000270. The summed E-state index contributed by atoms with van der Waals surface area (Å²) in [4.78, 5) is 0. The van der Waals surface area contributed by atoms with Gasteiger partial charge in [-0.3, -0.25) is 4.39 Å². The van der Waals surface area contributed by atoms with Crippen molar-refractivity contribution < 1.29 is 17.9 Å².